The van der Waals surface area contributed by atoms with Crippen LogP contribution < -0.4 is 18.4 Å². The Hall–Kier alpha value is -3.23. The molecule has 7 nitrogen and oxygen atoms in total. The highest BCUT2D eigenvalue weighted by molar-refractivity contribution is 7.87. The van der Waals surface area contributed by atoms with Crippen molar-refractivity contribution in [3.8, 4) is 23.0 Å². The predicted molar refractivity (Wildman–Crippen MR) is 139 cm³/mol. The third-order valence-corrected chi connectivity index (χ3v) is 9.02. The number of ether oxygens (including phenoxy) is 3. The minimum Gasteiger partial charge on any atom is -0.493 e. The highest BCUT2D eigenvalue weighted by atomic mass is 32.2. The maximum absolute atomic E-state index is 13.1. The topological polar surface area (TPSA) is 74.3 Å². The first-order valence-corrected chi connectivity index (χ1v) is 14.2. The first-order chi connectivity index (χ1) is 18.0. The molecule has 1 atom stereocenters. The molecule has 0 aromatic heterocycles. The number of nitrogens with zero attached hydrogens (tertiary/aromatic N) is 1. The second-order valence-electron chi connectivity index (χ2n) is 9.90. The average molecular weight is 522 g/mol. The zero-order chi connectivity index (χ0) is 25.6. The average Bonchev–Trinajstić information content (AvgIpc) is 2.89. The molecule has 1 fully saturated rings. The summed E-state index contributed by atoms with van der Waals surface area (Å²) in [5, 5.41) is 0. The number of hydrogen-bond acceptors (Lipinski definition) is 7. The fourth-order valence-electron chi connectivity index (χ4n) is 5.53. The lowest BCUT2D eigenvalue weighted by Crippen LogP contribution is -2.39. The molecular weight excluding hydrogens is 490 g/mol. The number of hydrogen-bond donors (Lipinski definition) is 0. The van der Waals surface area contributed by atoms with Crippen molar-refractivity contribution in [3.05, 3.63) is 76.9 Å². The predicted octanol–water partition coefficient (Wildman–Crippen LogP) is 5.06. The molecule has 3 aromatic rings. The van der Waals surface area contributed by atoms with Crippen molar-refractivity contribution in [2.45, 2.75) is 55.7 Å². The quantitative estimate of drug-likeness (QED) is 0.403. The first kappa shape index (κ1) is 24.1. The minimum atomic E-state index is -4.01. The fourth-order valence-corrected chi connectivity index (χ4v) is 6.52. The van der Waals surface area contributed by atoms with E-state index in [1.54, 1.807) is 31.4 Å². The first-order valence-electron chi connectivity index (χ1n) is 12.8. The van der Waals surface area contributed by atoms with Crippen molar-refractivity contribution in [2.24, 2.45) is 0 Å². The van der Waals surface area contributed by atoms with E-state index in [2.05, 4.69) is 17.0 Å². The molecule has 1 unspecified atom stereocenters. The summed E-state index contributed by atoms with van der Waals surface area (Å²) < 4.78 is 49.4. The van der Waals surface area contributed by atoms with Crippen LogP contribution in [0.1, 0.15) is 47.6 Å². The van der Waals surface area contributed by atoms with Gasteiger partial charge in [0.2, 0.25) is 0 Å². The van der Waals surface area contributed by atoms with Gasteiger partial charge in [-0.3, -0.25) is 4.90 Å². The largest absolute Gasteiger partial charge is 0.493 e. The summed E-state index contributed by atoms with van der Waals surface area (Å²) in [7, 11) is -0.788. The molecule has 6 rings (SSSR count). The lowest BCUT2D eigenvalue weighted by atomic mass is 9.83. The van der Waals surface area contributed by atoms with Crippen LogP contribution in [0.25, 0.3) is 0 Å². The Morgan fingerprint density at radius 1 is 0.892 bits per heavy atom. The Kier molecular flexibility index (Phi) is 6.24. The van der Waals surface area contributed by atoms with Crippen molar-refractivity contribution in [1.29, 1.82) is 0 Å². The van der Waals surface area contributed by atoms with E-state index in [4.69, 9.17) is 18.4 Å². The van der Waals surface area contributed by atoms with Gasteiger partial charge < -0.3 is 18.4 Å². The van der Waals surface area contributed by atoms with Crippen LogP contribution in [0, 0.1) is 0 Å². The molecule has 1 saturated carbocycles. The van der Waals surface area contributed by atoms with E-state index in [9.17, 15) is 8.42 Å². The summed E-state index contributed by atoms with van der Waals surface area (Å²) in [5.41, 5.74) is 4.44. The van der Waals surface area contributed by atoms with Gasteiger partial charge in [0, 0.05) is 24.7 Å². The van der Waals surface area contributed by atoms with Crippen LogP contribution in [0.15, 0.2) is 59.5 Å². The molecule has 0 saturated heterocycles. The van der Waals surface area contributed by atoms with Crippen LogP contribution in [-0.2, 0) is 29.5 Å². The van der Waals surface area contributed by atoms with E-state index < -0.39 is 10.1 Å². The van der Waals surface area contributed by atoms with Crippen LogP contribution in [-0.4, -0.2) is 40.2 Å². The van der Waals surface area contributed by atoms with E-state index in [0.717, 1.165) is 54.9 Å². The van der Waals surface area contributed by atoms with Crippen molar-refractivity contribution in [1.82, 2.24) is 4.90 Å². The maximum atomic E-state index is 13.1. The molecule has 0 spiro atoms. The minimum absolute atomic E-state index is 0.113. The number of benzene rings is 3. The molecule has 194 valence electrons. The van der Waals surface area contributed by atoms with E-state index in [0.29, 0.717) is 12.3 Å². The van der Waals surface area contributed by atoms with E-state index in [-0.39, 0.29) is 22.8 Å². The Bertz CT molecular complexity index is 1420. The number of methoxy groups -OCH3 is 2. The van der Waals surface area contributed by atoms with Crippen LogP contribution in [0.3, 0.4) is 0 Å². The van der Waals surface area contributed by atoms with Gasteiger partial charge in [-0.25, -0.2) is 0 Å². The third-order valence-electron chi connectivity index (χ3n) is 7.78. The van der Waals surface area contributed by atoms with Gasteiger partial charge in [0.15, 0.2) is 23.0 Å². The zero-order valence-corrected chi connectivity index (χ0v) is 21.9. The number of fused-ring (bicyclic) bond motifs is 4. The highest BCUT2D eigenvalue weighted by Gasteiger charge is 2.36. The van der Waals surface area contributed by atoms with Gasteiger partial charge in [-0.05, 0) is 79.1 Å². The molecule has 0 bridgehead atoms. The second kappa shape index (κ2) is 9.58. The molecular formula is C29H31NO6S. The van der Waals surface area contributed by atoms with Crippen molar-refractivity contribution < 1.29 is 26.8 Å². The lowest BCUT2D eigenvalue weighted by molar-refractivity contribution is 0.115. The lowest BCUT2D eigenvalue weighted by Gasteiger charge is -2.42. The van der Waals surface area contributed by atoms with Gasteiger partial charge in [0.1, 0.15) is 4.90 Å². The van der Waals surface area contributed by atoms with Gasteiger partial charge in [-0.1, -0.05) is 24.3 Å². The van der Waals surface area contributed by atoms with Gasteiger partial charge in [0.25, 0.3) is 0 Å². The molecule has 0 radical (unpaired) electrons. The smallest absolute Gasteiger partial charge is 0.339 e. The molecule has 8 heteroatoms. The Labute approximate surface area is 218 Å². The molecule has 0 N–H and O–H groups in total. The summed E-state index contributed by atoms with van der Waals surface area (Å²) in [6.45, 7) is 1.42. The SMILES string of the molecule is COc1cc2c(cc1OC1CCC1)CCN1Cc3c(ccc(OC)c3OS(=O)(=O)c3ccccc3)CC21. The second-order valence-corrected chi connectivity index (χ2v) is 11.4. The standard InChI is InChI=1S/C29H31NO6S/c1-33-26-12-11-19-15-25-23-17-27(34-2)28(35-21-7-6-8-21)16-20(23)13-14-30(25)18-24(19)29(26)36-37(31,32)22-9-4-3-5-10-22/h3-5,9-12,16-17,21,25H,6-8,13-15,18H2,1-2H3. The molecule has 3 aliphatic rings. The Morgan fingerprint density at radius 2 is 1.68 bits per heavy atom. The normalized spacial score (nSPS) is 19.1. The van der Waals surface area contributed by atoms with Gasteiger partial charge in [-0.2, -0.15) is 8.42 Å². The highest BCUT2D eigenvalue weighted by Crippen LogP contribution is 2.47. The monoisotopic (exact) mass is 521 g/mol. The Morgan fingerprint density at radius 3 is 2.38 bits per heavy atom. The molecule has 2 heterocycles. The summed E-state index contributed by atoms with van der Waals surface area (Å²) in [6, 6.07) is 16.5. The Balaban J connectivity index is 1.34. The maximum Gasteiger partial charge on any atom is 0.339 e. The summed E-state index contributed by atoms with van der Waals surface area (Å²) in [5.74, 6) is 2.29. The van der Waals surface area contributed by atoms with Crippen LogP contribution >= 0.6 is 0 Å². The molecule has 0 amide bonds. The van der Waals surface area contributed by atoms with Crippen LogP contribution in [0.4, 0.5) is 0 Å². The molecule has 1 aliphatic carbocycles. The van der Waals surface area contributed by atoms with E-state index in [1.165, 1.54) is 36.8 Å². The van der Waals surface area contributed by atoms with Crippen LogP contribution in [0.2, 0.25) is 0 Å². The third kappa shape index (κ3) is 4.42. The van der Waals surface area contributed by atoms with E-state index in [1.807, 2.05) is 6.07 Å². The van der Waals surface area contributed by atoms with E-state index >= 15 is 0 Å². The molecule has 3 aromatic carbocycles. The number of rotatable bonds is 7. The van der Waals surface area contributed by atoms with Crippen molar-refractivity contribution in [3.63, 3.8) is 0 Å². The summed E-state index contributed by atoms with van der Waals surface area (Å²) in [4.78, 5) is 2.50. The van der Waals surface area contributed by atoms with Crippen molar-refractivity contribution >= 4 is 10.1 Å². The fraction of sp³-hybridized carbons (Fsp3) is 0.379. The molecule has 2 aliphatic heterocycles. The van der Waals surface area contributed by atoms with Gasteiger partial charge in [-0.15, -0.1) is 0 Å². The van der Waals surface area contributed by atoms with Gasteiger partial charge >= 0.3 is 10.1 Å². The van der Waals surface area contributed by atoms with Crippen LogP contribution in [0.5, 0.6) is 23.0 Å². The molecule has 37 heavy (non-hydrogen) atoms. The van der Waals surface area contributed by atoms with Gasteiger partial charge in [0.05, 0.1) is 20.3 Å². The summed E-state index contributed by atoms with van der Waals surface area (Å²) >= 11 is 0. The zero-order valence-electron chi connectivity index (χ0n) is 21.1. The summed E-state index contributed by atoms with van der Waals surface area (Å²) in [6.07, 6.45) is 5.32. The van der Waals surface area contributed by atoms with Crippen molar-refractivity contribution in [2.75, 3.05) is 20.8 Å².